The van der Waals surface area contributed by atoms with E-state index in [2.05, 4.69) is 43.6 Å². The zero-order valence-corrected chi connectivity index (χ0v) is 12.9. The predicted octanol–water partition coefficient (Wildman–Crippen LogP) is 3.93. The van der Waals surface area contributed by atoms with Crippen LogP contribution in [0, 0.1) is 13.8 Å². The lowest BCUT2D eigenvalue weighted by Gasteiger charge is -2.07. The summed E-state index contributed by atoms with van der Waals surface area (Å²) < 4.78 is 1.59. The Bertz CT molecular complexity index is 889. The molecular weight excluding hydrogens is 280 g/mol. The van der Waals surface area contributed by atoms with E-state index in [-0.39, 0.29) is 5.56 Å². The smallest absolute Gasteiger partial charge is 0.262 e. The van der Waals surface area contributed by atoms with Crippen LogP contribution in [0.4, 0.5) is 0 Å². The van der Waals surface area contributed by atoms with Crippen molar-refractivity contribution in [3.05, 3.63) is 64.0 Å². The van der Waals surface area contributed by atoms with E-state index >= 15 is 0 Å². The minimum absolute atomic E-state index is 0.00359. The number of hydrogen-bond donors (Lipinski definition) is 0. The number of fused-ring (bicyclic) bond motifs is 1. The minimum atomic E-state index is -0.00359. The van der Waals surface area contributed by atoms with Gasteiger partial charge in [0, 0.05) is 17.5 Å². The number of rotatable bonds is 3. The first kappa shape index (κ1) is 13.8. The van der Waals surface area contributed by atoms with Crippen molar-refractivity contribution in [1.29, 1.82) is 0 Å². The summed E-state index contributed by atoms with van der Waals surface area (Å²) in [6.07, 6.45) is 3.30. The normalized spacial score (nSPS) is 11.0. The summed E-state index contributed by atoms with van der Waals surface area (Å²) in [4.78, 5) is 17.8. The molecule has 0 aliphatic rings. The Balaban J connectivity index is 2.30. The Hall–Kier alpha value is -2.20. The Morgan fingerprint density at radius 2 is 2.14 bits per heavy atom. The number of nitrogens with zero attached hydrogens (tertiary/aromatic N) is 2. The molecule has 0 N–H and O–H groups in total. The summed E-state index contributed by atoms with van der Waals surface area (Å²) in [6.45, 7) is 8.30. The van der Waals surface area contributed by atoms with Crippen LogP contribution in [-0.4, -0.2) is 9.55 Å². The average molecular weight is 296 g/mol. The van der Waals surface area contributed by atoms with Gasteiger partial charge >= 0.3 is 0 Å². The molecule has 0 radical (unpaired) electrons. The van der Waals surface area contributed by atoms with Crippen LogP contribution in [-0.2, 0) is 6.54 Å². The molecule has 106 valence electrons. The Labute approximate surface area is 127 Å². The highest BCUT2D eigenvalue weighted by Gasteiger charge is 2.14. The third-order valence-corrected chi connectivity index (χ3v) is 4.44. The fourth-order valence-electron chi connectivity index (χ4n) is 2.55. The van der Waals surface area contributed by atoms with Crippen molar-refractivity contribution in [2.24, 2.45) is 0 Å². The van der Waals surface area contributed by atoms with E-state index < -0.39 is 0 Å². The summed E-state index contributed by atoms with van der Waals surface area (Å²) in [6, 6.07) is 6.29. The van der Waals surface area contributed by atoms with Crippen molar-refractivity contribution in [3.8, 4) is 11.1 Å². The van der Waals surface area contributed by atoms with E-state index in [1.54, 1.807) is 17.0 Å². The molecule has 0 saturated heterocycles. The number of hydrogen-bond acceptors (Lipinski definition) is 3. The molecule has 3 aromatic rings. The quantitative estimate of drug-likeness (QED) is 0.686. The van der Waals surface area contributed by atoms with Gasteiger partial charge in [-0.15, -0.1) is 17.9 Å². The first-order valence-corrected chi connectivity index (χ1v) is 7.65. The van der Waals surface area contributed by atoms with Gasteiger partial charge in [-0.3, -0.25) is 9.36 Å². The molecule has 0 saturated carbocycles. The fourth-order valence-corrected chi connectivity index (χ4v) is 3.45. The van der Waals surface area contributed by atoms with Crippen LogP contribution in [0.5, 0.6) is 0 Å². The highest BCUT2D eigenvalue weighted by Crippen LogP contribution is 2.32. The highest BCUT2D eigenvalue weighted by atomic mass is 32.1. The van der Waals surface area contributed by atoms with Crippen LogP contribution >= 0.6 is 11.3 Å². The highest BCUT2D eigenvalue weighted by molar-refractivity contribution is 7.17. The van der Waals surface area contributed by atoms with Gasteiger partial charge < -0.3 is 0 Å². The van der Waals surface area contributed by atoms with Crippen molar-refractivity contribution in [2.75, 3.05) is 0 Å². The third kappa shape index (κ3) is 2.32. The summed E-state index contributed by atoms with van der Waals surface area (Å²) in [5.41, 5.74) is 4.47. The van der Waals surface area contributed by atoms with Gasteiger partial charge in [-0.1, -0.05) is 29.8 Å². The second-order valence-corrected chi connectivity index (χ2v) is 6.00. The SMILES string of the molecule is C=CCn1cnc2scc(-c3ccc(C)cc3C)c2c1=O. The van der Waals surface area contributed by atoms with E-state index in [4.69, 9.17) is 0 Å². The van der Waals surface area contributed by atoms with E-state index in [9.17, 15) is 4.79 Å². The number of benzene rings is 1. The van der Waals surface area contributed by atoms with Crippen molar-refractivity contribution < 1.29 is 0 Å². The van der Waals surface area contributed by atoms with E-state index in [0.717, 1.165) is 16.0 Å². The van der Waals surface area contributed by atoms with Gasteiger partial charge in [0.2, 0.25) is 0 Å². The summed E-state index contributed by atoms with van der Waals surface area (Å²) in [5, 5.41) is 2.73. The topological polar surface area (TPSA) is 34.9 Å². The lowest BCUT2D eigenvalue weighted by atomic mass is 9.99. The summed E-state index contributed by atoms with van der Waals surface area (Å²) >= 11 is 1.51. The van der Waals surface area contributed by atoms with Crippen LogP contribution in [0.1, 0.15) is 11.1 Å². The van der Waals surface area contributed by atoms with E-state index in [0.29, 0.717) is 11.9 Å². The number of aromatic nitrogens is 2. The molecule has 0 spiro atoms. The molecule has 3 rings (SSSR count). The molecule has 0 aliphatic carbocycles. The van der Waals surface area contributed by atoms with Gasteiger partial charge in [-0.05, 0) is 25.0 Å². The van der Waals surface area contributed by atoms with Crippen molar-refractivity contribution in [1.82, 2.24) is 9.55 Å². The van der Waals surface area contributed by atoms with Gasteiger partial charge in [0.05, 0.1) is 11.7 Å². The number of thiophene rings is 1. The largest absolute Gasteiger partial charge is 0.295 e. The molecule has 0 bridgehead atoms. The molecule has 0 fully saturated rings. The minimum Gasteiger partial charge on any atom is -0.295 e. The van der Waals surface area contributed by atoms with Crippen LogP contribution in [0.2, 0.25) is 0 Å². The first-order valence-electron chi connectivity index (χ1n) is 6.77. The van der Waals surface area contributed by atoms with Gasteiger partial charge in [-0.2, -0.15) is 0 Å². The first-order chi connectivity index (χ1) is 10.1. The van der Waals surface area contributed by atoms with E-state index in [1.165, 1.54) is 22.5 Å². The molecule has 3 nitrogen and oxygen atoms in total. The van der Waals surface area contributed by atoms with Gasteiger partial charge in [0.25, 0.3) is 5.56 Å². The zero-order chi connectivity index (χ0) is 15.0. The number of allylic oxidation sites excluding steroid dienone is 1. The van der Waals surface area contributed by atoms with Crippen molar-refractivity contribution >= 4 is 21.6 Å². The zero-order valence-electron chi connectivity index (χ0n) is 12.1. The molecule has 2 aromatic heterocycles. The van der Waals surface area contributed by atoms with Gasteiger partial charge in [0.15, 0.2) is 0 Å². The second-order valence-electron chi connectivity index (χ2n) is 5.14. The maximum absolute atomic E-state index is 12.6. The fraction of sp³-hybridized carbons (Fsp3) is 0.176. The molecule has 4 heteroatoms. The predicted molar refractivity (Wildman–Crippen MR) is 89.0 cm³/mol. The summed E-state index contributed by atoms with van der Waals surface area (Å²) in [7, 11) is 0. The summed E-state index contributed by atoms with van der Waals surface area (Å²) in [5.74, 6) is 0. The Morgan fingerprint density at radius 1 is 1.33 bits per heavy atom. The Kier molecular flexibility index (Phi) is 3.47. The van der Waals surface area contributed by atoms with Crippen LogP contribution in [0.3, 0.4) is 0 Å². The van der Waals surface area contributed by atoms with Gasteiger partial charge in [-0.25, -0.2) is 4.98 Å². The van der Waals surface area contributed by atoms with Gasteiger partial charge in [0.1, 0.15) is 4.83 Å². The molecule has 0 amide bonds. The molecule has 0 aliphatic heterocycles. The third-order valence-electron chi connectivity index (χ3n) is 3.56. The van der Waals surface area contributed by atoms with Crippen molar-refractivity contribution in [3.63, 3.8) is 0 Å². The maximum atomic E-state index is 12.6. The molecule has 1 aromatic carbocycles. The average Bonchev–Trinajstić information content (AvgIpc) is 2.87. The standard InChI is InChI=1S/C17H16N2OS/c1-4-7-19-10-18-16-15(17(19)20)14(9-21-16)13-6-5-11(2)8-12(13)3/h4-6,8-10H,1,7H2,2-3H3. The Morgan fingerprint density at radius 3 is 2.86 bits per heavy atom. The molecule has 2 heterocycles. The van der Waals surface area contributed by atoms with Crippen LogP contribution in [0.25, 0.3) is 21.3 Å². The second kappa shape index (κ2) is 5.30. The van der Waals surface area contributed by atoms with Crippen LogP contribution < -0.4 is 5.56 Å². The van der Waals surface area contributed by atoms with E-state index in [1.807, 2.05) is 5.38 Å². The molecular formula is C17H16N2OS. The molecule has 21 heavy (non-hydrogen) atoms. The molecule has 0 atom stereocenters. The maximum Gasteiger partial charge on any atom is 0.262 e. The van der Waals surface area contributed by atoms with Crippen molar-refractivity contribution in [2.45, 2.75) is 20.4 Å². The monoisotopic (exact) mass is 296 g/mol. The number of aryl methyl sites for hydroxylation is 2. The molecule has 0 unspecified atom stereocenters. The van der Waals surface area contributed by atoms with Crippen LogP contribution in [0.15, 0.2) is 47.4 Å². The lowest BCUT2D eigenvalue weighted by Crippen LogP contribution is -2.19. The lowest BCUT2D eigenvalue weighted by molar-refractivity contribution is 0.769.